The first-order valence-corrected chi connectivity index (χ1v) is 8.25. The molecule has 6 heteroatoms. The number of rotatable bonds is 5. The van der Waals surface area contributed by atoms with Gasteiger partial charge >= 0.3 is 0 Å². The van der Waals surface area contributed by atoms with Crippen molar-refractivity contribution in [3.63, 3.8) is 0 Å². The average molecular weight is 341 g/mol. The van der Waals surface area contributed by atoms with E-state index in [2.05, 4.69) is 0 Å². The Morgan fingerprint density at radius 2 is 1.92 bits per heavy atom. The number of fused-ring (bicyclic) bond motifs is 1. The maximum atomic E-state index is 13.0. The van der Waals surface area contributed by atoms with E-state index < -0.39 is 4.92 Å². The highest BCUT2D eigenvalue weighted by molar-refractivity contribution is 7.19. The zero-order valence-electron chi connectivity index (χ0n) is 13.2. The number of methoxy groups -OCH3 is 1. The minimum Gasteiger partial charge on any atom is -0.497 e. The van der Waals surface area contributed by atoms with Gasteiger partial charge in [-0.25, -0.2) is 0 Å². The van der Waals surface area contributed by atoms with Crippen molar-refractivity contribution in [1.29, 1.82) is 0 Å². The molecule has 2 aromatic carbocycles. The van der Waals surface area contributed by atoms with Gasteiger partial charge in [-0.3, -0.25) is 14.9 Å². The number of hydrogen-bond donors (Lipinski definition) is 0. The lowest BCUT2D eigenvalue weighted by Crippen LogP contribution is -2.03. The highest BCUT2D eigenvalue weighted by Gasteiger charge is 2.21. The van der Waals surface area contributed by atoms with Crippen molar-refractivity contribution in [2.45, 2.75) is 13.3 Å². The first-order chi connectivity index (χ1) is 11.5. The van der Waals surface area contributed by atoms with Crippen LogP contribution in [0.5, 0.6) is 5.75 Å². The summed E-state index contributed by atoms with van der Waals surface area (Å²) in [4.78, 5) is 24.5. The van der Waals surface area contributed by atoms with Gasteiger partial charge in [-0.15, -0.1) is 11.3 Å². The van der Waals surface area contributed by atoms with Gasteiger partial charge in [0.25, 0.3) is 5.69 Å². The van der Waals surface area contributed by atoms with Crippen molar-refractivity contribution in [1.82, 2.24) is 0 Å². The molecular weight excluding hydrogens is 326 g/mol. The van der Waals surface area contributed by atoms with Crippen molar-refractivity contribution < 1.29 is 14.5 Å². The molecule has 0 aliphatic carbocycles. The van der Waals surface area contributed by atoms with Crippen LogP contribution >= 0.6 is 11.3 Å². The van der Waals surface area contributed by atoms with Crippen molar-refractivity contribution >= 4 is 32.9 Å². The number of carbonyl (C=O) groups excluding carboxylic acids is 1. The SMILES string of the molecule is CCc1sc2ccc([N+](=O)[O-])cc2c1C(=O)c1ccc(OC)cc1. The predicted molar refractivity (Wildman–Crippen MR) is 94.3 cm³/mol. The quantitative estimate of drug-likeness (QED) is 0.386. The highest BCUT2D eigenvalue weighted by atomic mass is 32.1. The summed E-state index contributed by atoms with van der Waals surface area (Å²) >= 11 is 1.51. The number of carbonyl (C=O) groups is 1. The summed E-state index contributed by atoms with van der Waals surface area (Å²) in [6.45, 7) is 1.98. The van der Waals surface area contributed by atoms with Crippen molar-refractivity contribution in [2.75, 3.05) is 7.11 Å². The number of non-ortho nitro benzene ring substituents is 1. The Hall–Kier alpha value is -2.73. The first kappa shape index (κ1) is 16.1. The second-order valence-corrected chi connectivity index (χ2v) is 6.39. The van der Waals surface area contributed by atoms with Crippen LogP contribution < -0.4 is 4.74 Å². The number of aryl methyl sites for hydroxylation is 1. The Balaban J connectivity index is 2.16. The molecule has 24 heavy (non-hydrogen) atoms. The van der Waals surface area contributed by atoms with Gasteiger partial charge in [0.15, 0.2) is 5.78 Å². The molecular formula is C18H15NO4S. The monoisotopic (exact) mass is 341 g/mol. The Morgan fingerprint density at radius 3 is 2.50 bits per heavy atom. The van der Waals surface area contributed by atoms with Gasteiger partial charge in [-0.05, 0) is 36.8 Å². The highest BCUT2D eigenvalue weighted by Crippen LogP contribution is 2.35. The summed E-state index contributed by atoms with van der Waals surface area (Å²) in [7, 11) is 1.57. The molecule has 0 atom stereocenters. The number of ketones is 1. The van der Waals surface area contributed by atoms with Gasteiger partial charge < -0.3 is 4.74 Å². The van der Waals surface area contributed by atoms with Crippen molar-refractivity contribution in [2.24, 2.45) is 0 Å². The minimum absolute atomic E-state index is 0.00765. The summed E-state index contributed by atoms with van der Waals surface area (Å²) in [6.07, 6.45) is 0.699. The molecule has 0 amide bonds. The normalized spacial score (nSPS) is 10.8. The molecule has 0 saturated heterocycles. The smallest absolute Gasteiger partial charge is 0.270 e. The lowest BCUT2D eigenvalue weighted by Gasteiger charge is -2.05. The van der Waals surface area contributed by atoms with Crippen molar-refractivity contribution in [3.8, 4) is 5.75 Å². The maximum absolute atomic E-state index is 13.0. The number of thiophene rings is 1. The molecule has 0 aliphatic rings. The minimum atomic E-state index is -0.440. The van der Waals surface area contributed by atoms with E-state index in [1.54, 1.807) is 37.4 Å². The summed E-state index contributed by atoms with van der Waals surface area (Å²) in [5.41, 5.74) is 1.09. The van der Waals surface area contributed by atoms with E-state index in [-0.39, 0.29) is 11.5 Å². The molecule has 122 valence electrons. The van der Waals surface area contributed by atoms with Crippen LogP contribution in [0.1, 0.15) is 27.7 Å². The lowest BCUT2D eigenvalue weighted by molar-refractivity contribution is -0.384. The van der Waals surface area contributed by atoms with E-state index in [1.165, 1.54) is 23.5 Å². The van der Waals surface area contributed by atoms with Crippen LogP contribution in [-0.2, 0) is 6.42 Å². The maximum Gasteiger partial charge on any atom is 0.270 e. The third kappa shape index (κ3) is 2.76. The Kier molecular flexibility index (Phi) is 4.31. The molecule has 1 heterocycles. The van der Waals surface area contributed by atoms with Gasteiger partial charge in [0, 0.05) is 38.2 Å². The number of nitro groups is 1. The van der Waals surface area contributed by atoms with Gasteiger partial charge in [0.2, 0.25) is 0 Å². The molecule has 1 aromatic heterocycles. The largest absolute Gasteiger partial charge is 0.497 e. The molecule has 0 saturated carbocycles. The Bertz CT molecular complexity index is 928. The van der Waals surface area contributed by atoms with Crippen LogP contribution in [0.4, 0.5) is 5.69 Å². The van der Waals surface area contributed by atoms with E-state index in [0.29, 0.717) is 28.7 Å². The van der Waals surface area contributed by atoms with E-state index in [9.17, 15) is 14.9 Å². The third-order valence-electron chi connectivity index (χ3n) is 3.86. The number of nitrogens with zero attached hydrogens (tertiary/aromatic N) is 1. The van der Waals surface area contributed by atoms with Gasteiger partial charge in [0.05, 0.1) is 12.0 Å². The Morgan fingerprint density at radius 1 is 1.21 bits per heavy atom. The summed E-state index contributed by atoms with van der Waals surface area (Å²) in [5.74, 6) is 0.550. The molecule has 5 nitrogen and oxygen atoms in total. The standard InChI is InChI=1S/C18H15NO4S/c1-3-15-17(18(20)11-4-7-13(23-2)8-5-11)14-10-12(19(21)22)6-9-16(14)24-15/h4-10H,3H2,1-2H3. The summed E-state index contributed by atoms with van der Waals surface area (Å²) < 4.78 is 6.00. The molecule has 0 spiro atoms. The van der Waals surface area contributed by atoms with Gasteiger partial charge in [-0.1, -0.05) is 6.92 Å². The average Bonchev–Trinajstić information content (AvgIpc) is 2.98. The van der Waals surface area contributed by atoms with Crippen LogP contribution in [0.15, 0.2) is 42.5 Å². The number of nitro benzene ring substituents is 1. The van der Waals surface area contributed by atoms with Crippen molar-refractivity contribution in [3.05, 3.63) is 68.6 Å². The van der Waals surface area contributed by atoms with Gasteiger partial charge in [-0.2, -0.15) is 0 Å². The molecule has 0 bridgehead atoms. The van der Waals surface area contributed by atoms with Crippen LogP contribution in [0.25, 0.3) is 10.1 Å². The first-order valence-electron chi connectivity index (χ1n) is 7.43. The lowest BCUT2D eigenvalue weighted by atomic mass is 9.99. The van der Waals surface area contributed by atoms with E-state index in [1.807, 2.05) is 6.92 Å². The zero-order chi connectivity index (χ0) is 17.3. The summed E-state index contributed by atoms with van der Waals surface area (Å²) in [6, 6.07) is 11.6. The molecule has 3 aromatic rings. The van der Waals surface area contributed by atoms with Crippen LogP contribution in [0.3, 0.4) is 0 Å². The molecule has 0 unspecified atom stereocenters. The molecule has 0 N–H and O–H groups in total. The van der Waals surface area contributed by atoms with E-state index >= 15 is 0 Å². The fourth-order valence-corrected chi connectivity index (χ4v) is 3.76. The summed E-state index contributed by atoms with van der Waals surface area (Å²) in [5, 5.41) is 11.7. The molecule has 0 fully saturated rings. The molecule has 0 aliphatic heterocycles. The second kappa shape index (κ2) is 6.41. The van der Waals surface area contributed by atoms with Crippen LogP contribution in [0.2, 0.25) is 0 Å². The topological polar surface area (TPSA) is 69.4 Å². The molecule has 3 rings (SSSR count). The fourth-order valence-electron chi connectivity index (χ4n) is 2.63. The number of benzene rings is 2. The van der Waals surface area contributed by atoms with Crippen LogP contribution in [-0.4, -0.2) is 17.8 Å². The molecule has 0 radical (unpaired) electrons. The number of hydrogen-bond acceptors (Lipinski definition) is 5. The Labute approximate surface area is 142 Å². The number of ether oxygens (including phenoxy) is 1. The van der Waals surface area contributed by atoms with Crippen LogP contribution in [0, 0.1) is 10.1 Å². The van der Waals surface area contributed by atoms with E-state index in [0.717, 1.165) is 9.58 Å². The fraction of sp³-hybridized carbons (Fsp3) is 0.167. The second-order valence-electron chi connectivity index (χ2n) is 5.25. The van der Waals surface area contributed by atoms with Gasteiger partial charge in [0.1, 0.15) is 5.75 Å². The zero-order valence-corrected chi connectivity index (χ0v) is 14.1. The van der Waals surface area contributed by atoms with E-state index in [4.69, 9.17) is 4.74 Å². The third-order valence-corrected chi connectivity index (χ3v) is 5.17. The predicted octanol–water partition coefficient (Wildman–Crippen LogP) is 4.61.